The first-order valence-corrected chi connectivity index (χ1v) is 11.9. The van der Waals surface area contributed by atoms with Gasteiger partial charge in [0, 0.05) is 12.0 Å². The van der Waals surface area contributed by atoms with Crippen LogP contribution in [0.15, 0.2) is 97.1 Å². The highest BCUT2D eigenvalue weighted by atomic mass is 16.5. The molecule has 0 spiro atoms. The Bertz CT molecular complexity index is 1440. The number of anilines is 2. The maximum Gasteiger partial charge on any atom is 0.151 e. The lowest BCUT2D eigenvalue weighted by atomic mass is 9.91. The topological polar surface area (TPSA) is 43.2 Å². The zero-order valence-corrected chi connectivity index (χ0v) is 18.7. The second kappa shape index (κ2) is 7.73. The van der Waals surface area contributed by atoms with Crippen molar-refractivity contribution in [3.05, 3.63) is 103 Å². The van der Waals surface area contributed by atoms with Crippen LogP contribution in [0.4, 0.5) is 11.4 Å². The van der Waals surface area contributed by atoms with Gasteiger partial charge in [-0.3, -0.25) is 0 Å². The number of nitrogens with zero attached hydrogens (tertiary/aromatic N) is 4. The van der Waals surface area contributed by atoms with Crippen molar-refractivity contribution in [2.24, 2.45) is 0 Å². The third-order valence-electron chi connectivity index (χ3n) is 7.20. The van der Waals surface area contributed by atoms with Gasteiger partial charge in [0.2, 0.25) is 0 Å². The summed E-state index contributed by atoms with van der Waals surface area (Å²) in [6.45, 7) is 0. The fourth-order valence-corrected chi connectivity index (χ4v) is 5.65. The Hall–Kier alpha value is -4.12. The van der Waals surface area contributed by atoms with Gasteiger partial charge in [-0.15, -0.1) is 5.10 Å². The van der Waals surface area contributed by atoms with E-state index in [9.17, 15) is 0 Å². The Balaban J connectivity index is 1.26. The van der Waals surface area contributed by atoms with Crippen molar-refractivity contribution < 1.29 is 4.74 Å². The highest BCUT2D eigenvalue weighted by Gasteiger charge is 2.38. The van der Waals surface area contributed by atoms with Gasteiger partial charge < -0.3 is 9.64 Å². The Morgan fingerprint density at radius 1 is 0.706 bits per heavy atom. The highest BCUT2D eigenvalue weighted by Crippen LogP contribution is 2.52. The summed E-state index contributed by atoms with van der Waals surface area (Å²) in [5.41, 5.74) is 6.65. The number of benzene rings is 4. The van der Waals surface area contributed by atoms with E-state index in [1.165, 1.54) is 18.4 Å². The normalized spacial score (nSPS) is 19.0. The Morgan fingerprint density at radius 2 is 1.38 bits per heavy atom. The van der Waals surface area contributed by atoms with E-state index < -0.39 is 0 Å². The summed E-state index contributed by atoms with van der Waals surface area (Å²) in [6, 6.07) is 34.1. The van der Waals surface area contributed by atoms with Crippen LogP contribution in [-0.2, 0) is 0 Å². The standard InChI is InChI=1S/C29H24N4O/c1-2-10-25-23(9-1)30-31-33(25)21-18-16-20(17-19-21)22-8-7-13-24(22)32-26-11-3-5-14-28(26)34-29-15-6-4-12-27(29)32/h1-6,9-12,14-19,22,24H,7-8,13H2. The molecule has 166 valence electrons. The minimum atomic E-state index is 0.379. The molecule has 5 heteroatoms. The predicted octanol–water partition coefficient (Wildman–Crippen LogP) is 7.00. The molecular weight excluding hydrogens is 420 g/mol. The molecule has 7 rings (SSSR count). The van der Waals surface area contributed by atoms with Gasteiger partial charge in [0.1, 0.15) is 5.52 Å². The fraction of sp³-hybridized carbons (Fsp3) is 0.172. The van der Waals surface area contributed by atoms with Gasteiger partial charge in [-0.25, -0.2) is 4.68 Å². The average Bonchev–Trinajstić information content (AvgIpc) is 3.55. The second-order valence-electron chi connectivity index (χ2n) is 9.09. The van der Waals surface area contributed by atoms with E-state index >= 15 is 0 Å². The number of hydrogen-bond donors (Lipinski definition) is 0. The van der Waals surface area contributed by atoms with Gasteiger partial charge in [-0.2, -0.15) is 0 Å². The first kappa shape index (κ1) is 19.4. The summed E-state index contributed by atoms with van der Waals surface area (Å²) in [7, 11) is 0. The van der Waals surface area contributed by atoms with Crippen molar-refractivity contribution in [3.63, 3.8) is 0 Å². The molecule has 2 aliphatic rings. The lowest BCUT2D eigenvalue weighted by Gasteiger charge is -2.39. The molecule has 1 aliphatic carbocycles. The molecule has 34 heavy (non-hydrogen) atoms. The van der Waals surface area contributed by atoms with Crippen molar-refractivity contribution in [1.29, 1.82) is 0 Å². The second-order valence-corrected chi connectivity index (χ2v) is 9.09. The van der Waals surface area contributed by atoms with Crippen LogP contribution in [0.2, 0.25) is 0 Å². The molecule has 5 nitrogen and oxygen atoms in total. The molecule has 1 aromatic heterocycles. The van der Waals surface area contributed by atoms with E-state index in [-0.39, 0.29) is 0 Å². The molecule has 0 amide bonds. The summed E-state index contributed by atoms with van der Waals surface area (Å²) >= 11 is 0. The van der Waals surface area contributed by atoms with Crippen LogP contribution in [0.25, 0.3) is 16.7 Å². The molecule has 1 fully saturated rings. The molecule has 2 unspecified atom stereocenters. The molecule has 4 aromatic carbocycles. The molecule has 5 aromatic rings. The molecule has 1 aliphatic heterocycles. The lowest BCUT2D eigenvalue weighted by molar-refractivity contribution is 0.461. The Labute approximate surface area is 198 Å². The Kier molecular flexibility index (Phi) is 4.40. The van der Waals surface area contributed by atoms with E-state index in [4.69, 9.17) is 4.74 Å². The monoisotopic (exact) mass is 444 g/mol. The molecule has 2 atom stereocenters. The highest BCUT2D eigenvalue weighted by molar-refractivity contribution is 5.79. The van der Waals surface area contributed by atoms with Crippen molar-refractivity contribution in [1.82, 2.24) is 15.0 Å². The quantitative estimate of drug-likeness (QED) is 0.300. The molecule has 0 saturated heterocycles. The summed E-state index contributed by atoms with van der Waals surface area (Å²) < 4.78 is 8.16. The fourth-order valence-electron chi connectivity index (χ4n) is 5.65. The van der Waals surface area contributed by atoms with Crippen LogP contribution in [0.5, 0.6) is 11.5 Å². The minimum Gasteiger partial charge on any atom is -0.453 e. The van der Waals surface area contributed by atoms with Gasteiger partial charge in [0.05, 0.1) is 22.6 Å². The number of fused-ring (bicyclic) bond motifs is 3. The third kappa shape index (κ3) is 3.00. The van der Waals surface area contributed by atoms with Crippen molar-refractivity contribution in [2.45, 2.75) is 31.2 Å². The van der Waals surface area contributed by atoms with E-state index in [1.807, 2.05) is 35.0 Å². The van der Waals surface area contributed by atoms with Crippen LogP contribution in [-0.4, -0.2) is 21.0 Å². The molecule has 0 radical (unpaired) electrons. The number of ether oxygens (including phenoxy) is 1. The van der Waals surface area contributed by atoms with Gasteiger partial charge in [0.25, 0.3) is 0 Å². The van der Waals surface area contributed by atoms with Crippen LogP contribution in [0.3, 0.4) is 0 Å². The van der Waals surface area contributed by atoms with E-state index in [1.54, 1.807) is 0 Å². The zero-order chi connectivity index (χ0) is 22.5. The van der Waals surface area contributed by atoms with Crippen molar-refractivity contribution in [3.8, 4) is 17.2 Å². The van der Waals surface area contributed by atoms with Crippen molar-refractivity contribution in [2.75, 3.05) is 4.90 Å². The van der Waals surface area contributed by atoms with E-state index in [2.05, 4.69) is 81.9 Å². The molecule has 0 N–H and O–H groups in total. The Morgan fingerprint density at radius 3 is 2.15 bits per heavy atom. The predicted molar refractivity (Wildman–Crippen MR) is 134 cm³/mol. The first-order chi connectivity index (χ1) is 16.9. The molecule has 2 heterocycles. The maximum atomic E-state index is 6.24. The van der Waals surface area contributed by atoms with Gasteiger partial charge >= 0.3 is 0 Å². The van der Waals surface area contributed by atoms with Gasteiger partial charge in [0.15, 0.2) is 11.5 Å². The maximum absolute atomic E-state index is 6.24. The largest absolute Gasteiger partial charge is 0.453 e. The molecular formula is C29H24N4O. The number of hydrogen-bond acceptors (Lipinski definition) is 4. The number of aromatic nitrogens is 3. The number of rotatable bonds is 3. The molecule has 1 saturated carbocycles. The third-order valence-corrected chi connectivity index (χ3v) is 7.20. The van der Waals surface area contributed by atoms with Crippen LogP contribution in [0, 0.1) is 0 Å². The number of para-hydroxylation sites is 5. The van der Waals surface area contributed by atoms with E-state index in [0.29, 0.717) is 12.0 Å². The lowest BCUT2D eigenvalue weighted by Crippen LogP contribution is -2.35. The summed E-state index contributed by atoms with van der Waals surface area (Å²) in [5.74, 6) is 2.31. The minimum absolute atomic E-state index is 0.379. The van der Waals surface area contributed by atoms with Crippen molar-refractivity contribution >= 4 is 22.4 Å². The first-order valence-electron chi connectivity index (χ1n) is 11.9. The zero-order valence-electron chi connectivity index (χ0n) is 18.7. The SMILES string of the molecule is c1ccc2c(c1)Oc1ccccc1N2C1CCCC1c1ccc(-n2nnc3ccccc32)cc1. The van der Waals surface area contributed by atoms with E-state index in [0.717, 1.165) is 46.0 Å². The van der Waals surface area contributed by atoms with Crippen LogP contribution < -0.4 is 9.64 Å². The summed E-state index contributed by atoms with van der Waals surface area (Å²) in [6.07, 6.45) is 3.55. The molecule has 0 bridgehead atoms. The summed E-state index contributed by atoms with van der Waals surface area (Å²) in [5, 5.41) is 8.68. The van der Waals surface area contributed by atoms with Crippen LogP contribution >= 0.6 is 0 Å². The summed E-state index contributed by atoms with van der Waals surface area (Å²) in [4.78, 5) is 2.52. The smallest absolute Gasteiger partial charge is 0.151 e. The van der Waals surface area contributed by atoms with Crippen LogP contribution in [0.1, 0.15) is 30.7 Å². The van der Waals surface area contributed by atoms with Gasteiger partial charge in [-0.05, 0) is 66.9 Å². The van der Waals surface area contributed by atoms with Gasteiger partial charge in [-0.1, -0.05) is 60.2 Å². The average molecular weight is 445 g/mol.